The van der Waals surface area contributed by atoms with Gasteiger partial charge < -0.3 is 15.8 Å². The van der Waals surface area contributed by atoms with Crippen LogP contribution in [0.2, 0.25) is 0 Å². The number of nitrogens with one attached hydrogen (secondary N) is 1. The minimum atomic E-state index is 0.0419. The molecule has 1 aliphatic rings. The fourth-order valence-corrected chi connectivity index (χ4v) is 4.46. The summed E-state index contributed by atoms with van der Waals surface area (Å²) in [6.45, 7) is 7.70. The Kier molecular flexibility index (Phi) is 6.96. The third kappa shape index (κ3) is 4.99. The summed E-state index contributed by atoms with van der Waals surface area (Å²) in [5, 5.41) is 7.84. The number of benzene rings is 1. The molecule has 6 heteroatoms. The molecule has 0 bridgehead atoms. The van der Waals surface area contributed by atoms with Crippen molar-refractivity contribution in [3.05, 3.63) is 30.3 Å². The first-order chi connectivity index (χ1) is 13.9. The van der Waals surface area contributed by atoms with Crippen LogP contribution in [0.4, 0.5) is 5.82 Å². The number of rotatable bonds is 7. The summed E-state index contributed by atoms with van der Waals surface area (Å²) in [5.74, 6) is 3.14. The predicted molar refractivity (Wildman–Crippen MR) is 117 cm³/mol. The van der Waals surface area contributed by atoms with Crippen molar-refractivity contribution in [2.75, 3.05) is 19.0 Å². The lowest BCUT2D eigenvalue weighted by Gasteiger charge is -2.36. The first-order valence-corrected chi connectivity index (χ1v) is 10.7. The Labute approximate surface area is 173 Å². The number of methoxy groups -OCH3 is 1. The minimum Gasteiger partial charge on any atom is -0.497 e. The molecular weight excluding hydrogens is 364 g/mol. The highest BCUT2D eigenvalue weighted by Crippen LogP contribution is 2.38. The van der Waals surface area contributed by atoms with E-state index in [0.717, 1.165) is 29.8 Å². The lowest BCUT2D eigenvalue weighted by Crippen LogP contribution is -2.37. The number of aromatic nitrogens is 2. The van der Waals surface area contributed by atoms with E-state index >= 15 is 0 Å². The van der Waals surface area contributed by atoms with Gasteiger partial charge in [0.15, 0.2) is 0 Å². The smallest absolute Gasteiger partial charge is 0.228 e. The van der Waals surface area contributed by atoms with E-state index in [1.165, 1.54) is 6.42 Å². The second kappa shape index (κ2) is 9.44. The van der Waals surface area contributed by atoms with Gasteiger partial charge in [0.05, 0.1) is 19.3 Å². The molecule has 1 aliphatic carbocycles. The van der Waals surface area contributed by atoms with E-state index in [1.807, 2.05) is 30.3 Å². The molecule has 1 amide bonds. The molecule has 6 nitrogen and oxygen atoms in total. The van der Waals surface area contributed by atoms with Crippen molar-refractivity contribution in [2.45, 2.75) is 46.6 Å². The molecule has 158 valence electrons. The Bertz CT molecular complexity index is 830. The molecule has 2 aromatic rings. The van der Waals surface area contributed by atoms with Gasteiger partial charge in [-0.1, -0.05) is 39.3 Å². The van der Waals surface area contributed by atoms with E-state index in [2.05, 4.69) is 31.2 Å². The average molecular weight is 399 g/mol. The molecule has 0 unspecified atom stereocenters. The summed E-state index contributed by atoms with van der Waals surface area (Å²) < 4.78 is 7.12. The van der Waals surface area contributed by atoms with E-state index in [4.69, 9.17) is 10.5 Å². The Morgan fingerprint density at radius 2 is 2.14 bits per heavy atom. The summed E-state index contributed by atoms with van der Waals surface area (Å²) >= 11 is 0. The van der Waals surface area contributed by atoms with Crippen LogP contribution < -0.4 is 15.8 Å². The predicted octanol–water partition coefficient (Wildman–Crippen LogP) is 4.16. The number of anilines is 1. The van der Waals surface area contributed by atoms with Crippen molar-refractivity contribution < 1.29 is 9.53 Å². The fraction of sp³-hybridized carbons (Fsp3) is 0.565. The lowest BCUT2D eigenvalue weighted by atomic mass is 9.70. The van der Waals surface area contributed by atoms with Crippen LogP contribution in [0.15, 0.2) is 30.3 Å². The van der Waals surface area contributed by atoms with Crippen LogP contribution in [-0.4, -0.2) is 29.3 Å². The molecular formula is C23H34N4O2. The minimum absolute atomic E-state index is 0.0419. The molecule has 29 heavy (non-hydrogen) atoms. The first-order valence-electron chi connectivity index (χ1n) is 10.7. The van der Waals surface area contributed by atoms with Gasteiger partial charge in [-0.2, -0.15) is 5.10 Å². The summed E-state index contributed by atoms with van der Waals surface area (Å²) in [4.78, 5) is 13.2. The second-order valence-electron chi connectivity index (χ2n) is 8.58. The van der Waals surface area contributed by atoms with Gasteiger partial charge in [0.1, 0.15) is 11.6 Å². The van der Waals surface area contributed by atoms with Gasteiger partial charge in [0.2, 0.25) is 5.91 Å². The van der Waals surface area contributed by atoms with Crippen LogP contribution in [0.5, 0.6) is 5.75 Å². The molecule has 3 rings (SSSR count). The Morgan fingerprint density at radius 3 is 2.83 bits per heavy atom. The van der Waals surface area contributed by atoms with E-state index in [1.54, 1.807) is 11.8 Å². The topological polar surface area (TPSA) is 82.2 Å². The molecule has 1 heterocycles. The largest absolute Gasteiger partial charge is 0.497 e. The molecule has 0 saturated heterocycles. The monoisotopic (exact) mass is 398 g/mol. The number of hydrogen-bond donors (Lipinski definition) is 2. The first kappa shape index (κ1) is 21.4. The van der Waals surface area contributed by atoms with Crippen LogP contribution in [0.1, 0.15) is 40.0 Å². The SMILES string of the molecule is COc1cccc(-c2cc(NC(=O)[C@@H]3C[C@H](C)CC[C@H]3C(C)C)n(CCN)n2)c1. The van der Waals surface area contributed by atoms with Crippen LogP contribution in [0.25, 0.3) is 11.3 Å². The van der Waals surface area contributed by atoms with Gasteiger partial charge in [0.25, 0.3) is 0 Å². The maximum Gasteiger partial charge on any atom is 0.228 e. The summed E-state index contributed by atoms with van der Waals surface area (Å²) in [6.07, 6.45) is 3.27. The van der Waals surface area contributed by atoms with Crippen molar-refractivity contribution >= 4 is 11.7 Å². The van der Waals surface area contributed by atoms with Gasteiger partial charge in [-0.3, -0.25) is 4.79 Å². The lowest BCUT2D eigenvalue weighted by molar-refractivity contribution is -0.124. The Morgan fingerprint density at radius 1 is 1.34 bits per heavy atom. The zero-order valence-corrected chi connectivity index (χ0v) is 18.0. The molecule has 0 aliphatic heterocycles. The molecule has 3 atom stereocenters. The van der Waals surface area contributed by atoms with Crippen molar-refractivity contribution in [1.82, 2.24) is 9.78 Å². The zero-order valence-electron chi connectivity index (χ0n) is 18.0. The van der Waals surface area contributed by atoms with Gasteiger partial charge in [-0.05, 0) is 42.7 Å². The average Bonchev–Trinajstić information content (AvgIpc) is 3.10. The molecule has 1 fully saturated rings. The summed E-state index contributed by atoms with van der Waals surface area (Å²) in [5.41, 5.74) is 7.53. The standard InChI is InChI=1S/C23H34N4O2/c1-15(2)19-9-8-16(3)12-20(19)23(28)25-22-14-21(26-27(22)11-10-24)17-6-5-7-18(13-17)29-4/h5-7,13-16,19-20H,8-12,24H2,1-4H3,(H,25,28)/t16-,19+,20-/m1/s1. The maximum absolute atomic E-state index is 13.2. The number of amides is 1. The zero-order chi connectivity index (χ0) is 21.0. The molecule has 0 radical (unpaired) electrons. The van der Waals surface area contributed by atoms with Crippen LogP contribution in [-0.2, 0) is 11.3 Å². The van der Waals surface area contributed by atoms with Gasteiger partial charge >= 0.3 is 0 Å². The number of carbonyl (C=O) groups is 1. The highest BCUT2D eigenvalue weighted by molar-refractivity contribution is 5.92. The van der Waals surface area contributed by atoms with Gasteiger partial charge in [-0.15, -0.1) is 0 Å². The van der Waals surface area contributed by atoms with Crippen molar-refractivity contribution in [2.24, 2.45) is 29.4 Å². The van der Waals surface area contributed by atoms with Gasteiger partial charge in [-0.25, -0.2) is 4.68 Å². The molecule has 1 aromatic heterocycles. The van der Waals surface area contributed by atoms with Crippen LogP contribution in [0.3, 0.4) is 0 Å². The molecule has 1 aromatic carbocycles. The Hall–Kier alpha value is -2.34. The summed E-state index contributed by atoms with van der Waals surface area (Å²) in [7, 11) is 1.65. The quantitative estimate of drug-likeness (QED) is 0.733. The Balaban J connectivity index is 1.85. The summed E-state index contributed by atoms with van der Waals surface area (Å²) in [6, 6.07) is 9.70. The van der Waals surface area contributed by atoms with E-state index < -0.39 is 0 Å². The number of nitrogens with two attached hydrogens (primary N) is 1. The normalized spacial score (nSPS) is 21.9. The number of ether oxygens (including phenoxy) is 1. The van der Waals surface area contributed by atoms with Crippen molar-refractivity contribution in [1.29, 1.82) is 0 Å². The van der Waals surface area contributed by atoms with E-state index in [-0.39, 0.29) is 11.8 Å². The third-order valence-corrected chi connectivity index (χ3v) is 6.10. The van der Waals surface area contributed by atoms with Crippen LogP contribution in [0, 0.1) is 23.7 Å². The van der Waals surface area contributed by atoms with Crippen LogP contribution >= 0.6 is 0 Å². The molecule has 0 spiro atoms. The number of hydrogen-bond acceptors (Lipinski definition) is 4. The number of nitrogens with zero attached hydrogens (tertiary/aromatic N) is 2. The molecule has 3 N–H and O–H groups in total. The third-order valence-electron chi connectivity index (χ3n) is 6.10. The highest BCUT2D eigenvalue weighted by Gasteiger charge is 2.35. The highest BCUT2D eigenvalue weighted by atomic mass is 16.5. The van der Waals surface area contributed by atoms with Crippen molar-refractivity contribution in [3.63, 3.8) is 0 Å². The maximum atomic E-state index is 13.2. The second-order valence-corrected chi connectivity index (χ2v) is 8.58. The van der Waals surface area contributed by atoms with Gasteiger partial charge in [0, 0.05) is 24.1 Å². The van der Waals surface area contributed by atoms with E-state index in [9.17, 15) is 4.79 Å². The fourth-order valence-electron chi connectivity index (χ4n) is 4.46. The van der Waals surface area contributed by atoms with E-state index in [0.29, 0.717) is 36.7 Å². The molecule has 1 saturated carbocycles. The number of carbonyl (C=O) groups excluding carboxylic acids is 1. The van der Waals surface area contributed by atoms with Crippen molar-refractivity contribution in [3.8, 4) is 17.0 Å².